The van der Waals surface area contributed by atoms with Gasteiger partial charge < -0.3 is 10.5 Å². The maximum atomic E-state index is 12.2. The van der Waals surface area contributed by atoms with Gasteiger partial charge in [0.05, 0.1) is 11.1 Å². The zero-order chi connectivity index (χ0) is 13.9. The van der Waals surface area contributed by atoms with Gasteiger partial charge in [0.15, 0.2) is 6.73 Å². The molecule has 6 nitrogen and oxygen atoms in total. The molecule has 0 amide bonds. The van der Waals surface area contributed by atoms with Crippen molar-refractivity contribution in [2.45, 2.75) is 6.73 Å². The van der Waals surface area contributed by atoms with Crippen molar-refractivity contribution >= 4 is 16.6 Å². The van der Waals surface area contributed by atoms with Gasteiger partial charge in [-0.15, -0.1) is 5.10 Å². The van der Waals surface area contributed by atoms with Crippen molar-refractivity contribution in [3.63, 3.8) is 0 Å². The summed E-state index contributed by atoms with van der Waals surface area (Å²) in [5, 5.41) is 8.32. The quantitative estimate of drug-likeness (QED) is 0.726. The Morgan fingerprint density at radius 1 is 1.10 bits per heavy atom. The monoisotopic (exact) mass is 268 g/mol. The lowest BCUT2D eigenvalue weighted by Gasteiger charge is -2.09. The number of nitrogens with two attached hydrogens (primary N) is 1. The molecule has 0 bridgehead atoms. The molecule has 1 aromatic heterocycles. The van der Waals surface area contributed by atoms with E-state index in [9.17, 15) is 4.79 Å². The molecule has 2 aromatic carbocycles. The first-order chi connectivity index (χ1) is 9.75. The number of aromatic nitrogens is 3. The van der Waals surface area contributed by atoms with Crippen molar-refractivity contribution in [3.8, 4) is 5.75 Å². The molecule has 0 aliphatic carbocycles. The second-order valence-electron chi connectivity index (χ2n) is 4.22. The van der Waals surface area contributed by atoms with E-state index < -0.39 is 0 Å². The molecule has 3 aromatic rings. The second kappa shape index (κ2) is 5.00. The number of nitrogen functional groups attached to an aromatic ring is 1. The van der Waals surface area contributed by atoms with Crippen LogP contribution in [0.5, 0.6) is 5.75 Å². The number of hydrogen-bond donors (Lipinski definition) is 1. The molecule has 0 unspecified atom stereocenters. The Hall–Kier alpha value is -2.89. The summed E-state index contributed by atoms with van der Waals surface area (Å²) < 4.78 is 6.65. The Morgan fingerprint density at radius 2 is 1.85 bits per heavy atom. The molecule has 0 saturated heterocycles. The number of benzene rings is 2. The molecular formula is C14H12N4O2. The van der Waals surface area contributed by atoms with Crippen molar-refractivity contribution in [1.82, 2.24) is 15.0 Å². The number of para-hydroxylation sites is 2. The molecule has 6 heteroatoms. The summed E-state index contributed by atoms with van der Waals surface area (Å²) in [5.41, 5.74) is 6.59. The van der Waals surface area contributed by atoms with Crippen LogP contribution in [0.1, 0.15) is 0 Å². The zero-order valence-corrected chi connectivity index (χ0v) is 10.6. The Kier molecular flexibility index (Phi) is 3.04. The molecule has 0 radical (unpaired) electrons. The summed E-state index contributed by atoms with van der Waals surface area (Å²) >= 11 is 0. The number of nitrogens with zero attached hydrogens (tertiary/aromatic N) is 3. The maximum absolute atomic E-state index is 12.2. The lowest BCUT2D eigenvalue weighted by molar-refractivity contribution is 0.212. The lowest BCUT2D eigenvalue weighted by Crippen LogP contribution is -2.26. The van der Waals surface area contributed by atoms with Gasteiger partial charge in [-0.25, -0.2) is 0 Å². The van der Waals surface area contributed by atoms with Gasteiger partial charge in [-0.3, -0.25) is 4.79 Å². The van der Waals surface area contributed by atoms with Crippen molar-refractivity contribution < 1.29 is 4.74 Å². The van der Waals surface area contributed by atoms with Crippen LogP contribution in [0.25, 0.3) is 10.9 Å². The van der Waals surface area contributed by atoms with Crippen molar-refractivity contribution in [1.29, 1.82) is 0 Å². The molecule has 0 aliphatic heterocycles. The SMILES string of the molecule is Nc1ccccc1OCn1nnc2ccccc2c1=O. The molecule has 0 spiro atoms. The van der Waals surface area contributed by atoms with Crippen LogP contribution in [-0.4, -0.2) is 15.0 Å². The van der Waals surface area contributed by atoms with Crippen LogP contribution in [0.15, 0.2) is 53.3 Å². The third-order valence-corrected chi connectivity index (χ3v) is 2.89. The molecule has 0 atom stereocenters. The summed E-state index contributed by atoms with van der Waals surface area (Å²) in [6, 6.07) is 14.1. The smallest absolute Gasteiger partial charge is 0.280 e. The van der Waals surface area contributed by atoms with E-state index in [4.69, 9.17) is 10.5 Å². The van der Waals surface area contributed by atoms with Gasteiger partial charge in [-0.1, -0.05) is 29.5 Å². The van der Waals surface area contributed by atoms with E-state index in [0.29, 0.717) is 22.3 Å². The van der Waals surface area contributed by atoms with E-state index in [-0.39, 0.29) is 12.3 Å². The van der Waals surface area contributed by atoms with E-state index in [1.54, 1.807) is 36.4 Å². The van der Waals surface area contributed by atoms with Gasteiger partial charge in [0.1, 0.15) is 11.3 Å². The molecule has 20 heavy (non-hydrogen) atoms. The molecule has 100 valence electrons. The summed E-state index contributed by atoms with van der Waals surface area (Å²) in [7, 11) is 0. The van der Waals surface area contributed by atoms with Crippen molar-refractivity contribution in [2.75, 3.05) is 5.73 Å². The highest BCUT2D eigenvalue weighted by atomic mass is 16.5. The first-order valence-electron chi connectivity index (χ1n) is 6.05. The normalized spacial score (nSPS) is 10.6. The molecule has 0 saturated carbocycles. The first kappa shape index (κ1) is 12.2. The van der Waals surface area contributed by atoms with Gasteiger partial charge in [0.2, 0.25) is 0 Å². The largest absolute Gasteiger partial charge is 0.469 e. The van der Waals surface area contributed by atoms with Gasteiger partial charge in [0, 0.05) is 0 Å². The van der Waals surface area contributed by atoms with E-state index in [0.717, 1.165) is 4.68 Å². The average Bonchev–Trinajstić information content (AvgIpc) is 2.48. The van der Waals surface area contributed by atoms with Crippen LogP contribution in [0.4, 0.5) is 5.69 Å². The molecule has 2 N–H and O–H groups in total. The summed E-state index contributed by atoms with van der Waals surface area (Å²) in [6.07, 6.45) is 0. The van der Waals surface area contributed by atoms with Crippen LogP contribution in [0, 0.1) is 0 Å². The predicted octanol–water partition coefficient (Wildman–Crippen LogP) is 1.41. The average molecular weight is 268 g/mol. The Morgan fingerprint density at radius 3 is 2.70 bits per heavy atom. The van der Waals surface area contributed by atoms with E-state index in [1.807, 2.05) is 12.1 Å². The van der Waals surface area contributed by atoms with Gasteiger partial charge in [-0.05, 0) is 24.3 Å². The number of hydrogen-bond acceptors (Lipinski definition) is 5. The van der Waals surface area contributed by atoms with Gasteiger partial charge in [-0.2, -0.15) is 4.68 Å². The van der Waals surface area contributed by atoms with E-state index >= 15 is 0 Å². The summed E-state index contributed by atoms with van der Waals surface area (Å²) in [4.78, 5) is 12.2. The molecule has 3 rings (SSSR count). The fourth-order valence-corrected chi connectivity index (χ4v) is 1.85. The van der Waals surface area contributed by atoms with Gasteiger partial charge >= 0.3 is 0 Å². The van der Waals surface area contributed by atoms with Crippen molar-refractivity contribution in [3.05, 3.63) is 58.9 Å². The number of rotatable bonds is 3. The third kappa shape index (κ3) is 2.18. The lowest BCUT2D eigenvalue weighted by atomic mass is 10.2. The molecule has 0 aliphatic rings. The maximum Gasteiger partial charge on any atom is 0.280 e. The minimum Gasteiger partial charge on any atom is -0.469 e. The Labute approximate surface area is 114 Å². The van der Waals surface area contributed by atoms with Crippen LogP contribution < -0.4 is 16.0 Å². The molecule has 1 heterocycles. The highest BCUT2D eigenvalue weighted by Gasteiger charge is 2.06. The number of anilines is 1. The summed E-state index contributed by atoms with van der Waals surface area (Å²) in [5.74, 6) is 0.509. The molecular weight excluding hydrogens is 256 g/mol. The van der Waals surface area contributed by atoms with Gasteiger partial charge in [0.25, 0.3) is 5.56 Å². The number of fused-ring (bicyclic) bond motifs is 1. The van der Waals surface area contributed by atoms with Crippen molar-refractivity contribution in [2.24, 2.45) is 0 Å². The second-order valence-corrected chi connectivity index (χ2v) is 4.22. The Bertz CT molecular complexity index is 813. The van der Waals surface area contributed by atoms with Crippen LogP contribution in [0.2, 0.25) is 0 Å². The Balaban J connectivity index is 1.90. The third-order valence-electron chi connectivity index (χ3n) is 2.89. The van der Waals surface area contributed by atoms with E-state index in [1.165, 1.54) is 0 Å². The van der Waals surface area contributed by atoms with Crippen LogP contribution >= 0.6 is 0 Å². The zero-order valence-electron chi connectivity index (χ0n) is 10.6. The fraction of sp³-hybridized carbons (Fsp3) is 0.0714. The minimum absolute atomic E-state index is 0.0368. The van der Waals surface area contributed by atoms with Crippen LogP contribution in [0.3, 0.4) is 0 Å². The highest BCUT2D eigenvalue weighted by molar-refractivity contribution is 5.76. The highest BCUT2D eigenvalue weighted by Crippen LogP contribution is 2.19. The first-order valence-corrected chi connectivity index (χ1v) is 6.05. The molecule has 0 fully saturated rings. The summed E-state index contributed by atoms with van der Waals surface area (Å²) in [6.45, 7) is -0.0368. The van der Waals surface area contributed by atoms with E-state index in [2.05, 4.69) is 10.3 Å². The number of ether oxygens (including phenoxy) is 1. The predicted molar refractivity (Wildman–Crippen MR) is 75.3 cm³/mol. The minimum atomic E-state index is -0.245. The van der Waals surface area contributed by atoms with Crippen LogP contribution in [-0.2, 0) is 6.73 Å². The fourth-order valence-electron chi connectivity index (χ4n) is 1.85. The topological polar surface area (TPSA) is 83.0 Å². The standard InChI is InChI=1S/C14H12N4O2/c15-11-6-2-4-8-13(11)20-9-18-14(19)10-5-1-3-7-12(10)16-17-18/h1-8H,9,15H2.